The second-order valence-electron chi connectivity index (χ2n) is 5.45. The third kappa shape index (κ3) is 3.87. The Morgan fingerprint density at radius 1 is 1.35 bits per heavy atom. The van der Waals surface area contributed by atoms with Crippen LogP contribution in [0.1, 0.15) is 38.2 Å². The zero-order valence-corrected chi connectivity index (χ0v) is 12.9. The van der Waals surface area contributed by atoms with Gasteiger partial charge >= 0.3 is 6.18 Å². The van der Waals surface area contributed by atoms with Gasteiger partial charge in [-0.25, -0.2) is 4.98 Å². The second kappa shape index (κ2) is 6.33. The minimum atomic E-state index is -4.39. The molecular weight excluding hydrogens is 333 g/mol. The van der Waals surface area contributed by atoms with E-state index < -0.39 is 11.7 Å². The summed E-state index contributed by atoms with van der Waals surface area (Å²) < 4.78 is 39.2. The SMILES string of the molecule is CC1CCCCC1CNc1ncc(Br)cc1C(F)(F)F. The lowest BCUT2D eigenvalue weighted by Gasteiger charge is -2.29. The van der Waals surface area contributed by atoms with Gasteiger partial charge in [-0.3, -0.25) is 0 Å². The van der Waals surface area contributed by atoms with Gasteiger partial charge in [0.25, 0.3) is 0 Å². The number of rotatable bonds is 3. The Morgan fingerprint density at radius 2 is 2.05 bits per heavy atom. The molecule has 1 aliphatic rings. The summed E-state index contributed by atoms with van der Waals surface area (Å²) in [6.07, 6.45) is 1.62. The maximum atomic E-state index is 13.0. The number of nitrogens with zero attached hydrogens (tertiary/aromatic N) is 1. The number of nitrogens with one attached hydrogen (secondary N) is 1. The smallest absolute Gasteiger partial charge is 0.369 e. The summed E-state index contributed by atoms with van der Waals surface area (Å²) in [4.78, 5) is 3.88. The summed E-state index contributed by atoms with van der Waals surface area (Å²) in [5.74, 6) is 0.912. The predicted octanol–water partition coefficient (Wildman–Crippen LogP) is 5.10. The third-order valence-electron chi connectivity index (χ3n) is 3.98. The summed E-state index contributed by atoms with van der Waals surface area (Å²) >= 11 is 3.04. The Morgan fingerprint density at radius 3 is 2.70 bits per heavy atom. The molecule has 1 aromatic heterocycles. The van der Waals surface area contributed by atoms with Crippen molar-refractivity contribution in [2.24, 2.45) is 11.8 Å². The molecule has 1 saturated carbocycles. The largest absolute Gasteiger partial charge is 0.419 e. The van der Waals surface area contributed by atoms with Crippen molar-refractivity contribution in [1.29, 1.82) is 0 Å². The first-order valence-electron chi connectivity index (χ1n) is 6.84. The number of pyridine rings is 1. The molecule has 2 unspecified atom stereocenters. The van der Waals surface area contributed by atoms with E-state index in [-0.39, 0.29) is 5.82 Å². The standard InChI is InChI=1S/C14H18BrF3N2/c1-9-4-2-3-5-10(9)7-19-13-12(14(16,17)18)6-11(15)8-20-13/h6,8-10H,2-5,7H2,1H3,(H,19,20). The number of hydrogen-bond donors (Lipinski definition) is 1. The van der Waals surface area contributed by atoms with Gasteiger partial charge in [0.15, 0.2) is 0 Å². The van der Waals surface area contributed by atoms with Crippen molar-refractivity contribution in [3.05, 3.63) is 22.3 Å². The van der Waals surface area contributed by atoms with E-state index in [2.05, 4.69) is 33.2 Å². The molecule has 0 amide bonds. The zero-order chi connectivity index (χ0) is 14.8. The van der Waals surface area contributed by atoms with Gasteiger partial charge in [0.1, 0.15) is 5.82 Å². The summed E-state index contributed by atoms with van der Waals surface area (Å²) in [6.45, 7) is 2.73. The first-order chi connectivity index (χ1) is 9.38. The van der Waals surface area contributed by atoms with E-state index >= 15 is 0 Å². The van der Waals surface area contributed by atoms with Crippen LogP contribution >= 0.6 is 15.9 Å². The molecule has 1 N–H and O–H groups in total. The molecular formula is C14H18BrF3N2. The van der Waals surface area contributed by atoms with Crippen LogP contribution in [-0.2, 0) is 6.18 Å². The summed E-state index contributed by atoms with van der Waals surface area (Å²) in [5, 5.41) is 2.90. The van der Waals surface area contributed by atoms with Crippen LogP contribution in [0.2, 0.25) is 0 Å². The van der Waals surface area contributed by atoms with Crippen LogP contribution in [0.15, 0.2) is 16.7 Å². The highest BCUT2D eigenvalue weighted by Crippen LogP contribution is 2.36. The Hall–Kier alpha value is -0.780. The molecule has 2 atom stereocenters. The highest BCUT2D eigenvalue weighted by atomic mass is 79.9. The van der Waals surface area contributed by atoms with Crippen LogP contribution in [0.3, 0.4) is 0 Å². The molecule has 6 heteroatoms. The van der Waals surface area contributed by atoms with Crippen molar-refractivity contribution in [3.63, 3.8) is 0 Å². The Kier molecular flexibility index (Phi) is 4.94. The molecule has 2 rings (SSSR count). The van der Waals surface area contributed by atoms with E-state index in [4.69, 9.17) is 0 Å². The summed E-state index contributed by atoms with van der Waals surface area (Å²) in [6, 6.07) is 1.07. The maximum Gasteiger partial charge on any atom is 0.419 e. The second-order valence-corrected chi connectivity index (χ2v) is 6.37. The number of aromatic nitrogens is 1. The lowest BCUT2D eigenvalue weighted by Crippen LogP contribution is -2.25. The van der Waals surface area contributed by atoms with Gasteiger partial charge < -0.3 is 5.32 Å². The fraction of sp³-hybridized carbons (Fsp3) is 0.643. The minimum Gasteiger partial charge on any atom is -0.369 e. The predicted molar refractivity (Wildman–Crippen MR) is 76.6 cm³/mol. The number of hydrogen-bond acceptors (Lipinski definition) is 2. The van der Waals surface area contributed by atoms with Gasteiger partial charge in [0.05, 0.1) is 5.56 Å². The fourth-order valence-corrected chi connectivity index (χ4v) is 3.05. The van der Waals surface area contributed by atoms with Crippen molar-refractivity contribution < 1.29 is 13.2 Å². The van der Waals surface area contributed by atoms with Crippen molar-refractivity contribution in [3.8, 4) is 0 Å². The molecule has 112 valence electrons. The molecule has 0 radical (unpaired) electrons. The highest BCUT2D eigenvalue weighted by molar-refractivity contribution is 9.10. The van der Waals surface area contributed by atoms with E-state index in [1.54, 1.807) is 0 Å². The van der Waals surface area contributed by atoms with Crippen LogP contribution in [0.5, 0.6) is 0 Å². The number of alkyl halides is 3. The molecule has 0 saturated heterocycles. The average Bonchev–Trinajstić information content (AvgIpc) is 2.38. The first-order valence-corrected chi connectivity index (χ1v) is 7.64. The molecule has 20 heavy (non-hydrogen) atoms. The van der Waals surface area contributed by atoms with Crippen molar-refractivity contribution in [2.45, 2.75) is 38.8 Å². The van der Waals surface area contributed by atoms with Crippen LogP contribution in [-0.4, -0.2) is 11.5 Å². The van der Waals surface area contributed by atoms with Crippen molar-refractivity contribution >= 4 is 21.7 Å². The highest BCUT2D eigenvalue weighted by Gasteiger charge is 2.35. The van der Waals surface area contributed by atoms with E-state index in [1.807, 2.05) is 0 Å². The van der Waals surface area contributed by atoms with Crippen LogP contribution < -0.4 is 5.32 Å². The molecule has 0 aliphatic heterocycles. The van der Waals surface area contributed by atoms with Gasteiger partial charge in [-0.1, -0.05) is 26.2 Å². The van der Waals surface area contributed by atoms with E-state index in [1.165, 1.54) is 12.6 Å². The number of anilines is 1. The molecule has 0 bridgehead atoms. The molecule has 1 fully saturated rings. The summed E-state index contributed by atoms with van der Waals surface area (Å²) in [7, 11) is 0. The summed E-state index contributed by atoms with van der Waals surface area (Å²) in [5.41, 5.74) is -0.713. The monoisotopic (exact) mass is 350 g/mol. The third-order valence-corrected chi connectivity index (χ3v) is 4.41. The molecule has 1 aromatic rings. The van der Waals surface area contributed by atoms with Gasteiger partial charge in [0.2, 0.25) is 0 Å². The molecule has 1 heterocycles. The lowest BCUT2D eigenvalue weighted by atomic mass is 9.80. The van der Waals surface area contributed by atoms with Gasteiger partial charge in [-0.05, 0) is 40.3 Å². The normalized spacial score (nSPS) is 23.6. The topological polar surface area (TPSA) is 24.9 Å². The quantitative estimate of drug-likeness (QED) is 0.819. The first kappa shape index (κ1) is 15.6. The zero-order valence-electron chi connectivity index (χ0n) is 11.3. The van der Waals surface area contributed by atoms with E-state index in [0.29, 0.717) is 22.9 Å². The Balaban J connectivity index is 2.09. The van der Waals surface area contributed by atoms with Gasteiger partial charge in [-0.2, -0.15) is 13.2 Å². The van der Waals surface area contributed by atoms with Crippen LogP contribution in [0, 0.1) is 11.8 Å². The molecule has 0 spiro atoms. The number of halogens is 4. The molecule has 1 aliphatic carbocycles. The van der Waals surface area contributed by atoms with Crippen LogP contribution in [0.25, 0.3) is 0 Å². The molecule has 0 aromatic carbocycles. The van der Waals surface area contributed by atoms with Crippen LogP contribution in [0.4, 0.5) is 19.0 Å². The van der Waals surface area contributed by atoms with Crippen molar-refractivity contribution in [1.82, 2.24) is 4.98 Å². The maximum absolute atomic E-state index is 13.0. The lowest BCUT2D eigenvalue weighted by molar-refractivity contribution is -0.137. The minimum absolute atomic E-state index is 0.0709. The van der Waals surface area contributed by atoms with E-state index in [0.717, 1.165) is 25.3 Å². The van der Waals surface area contributed by atoms with E-state index in [9.17, 15) is 13.2 Å². The van der Waals surface area contributed by atoms with Gasteiger partial charge in [0, 0.05) is 17.2 Å². The molecule has 2 nitrogen and oxygen atoms in total. The average molecular weight is 351 g/mol. The Labute approximate surface area is 125 Å². The van der Waals surface area contributed by atoms with Gasteiger partial charge in [-0.15, -0.1) is 0 Å². The fourth-order valence-electron chi connectivity index (χ4n) is 2.72. The van der Waals surface area contributed by atoms with Crippen molar-refractivity contribution in [2.75, 3.05) is 11.9 Å². The Bertz CT molecular complexity index is 462.